The maximum absolute atomic E-state index is 10.3. The van der Waals surface area contributed by atoms with Gasteiger partial charge in [0.1, 0.15) is 0 Å². The number of carboxylic acids is 1. The van der Waals surface area contributed by atoms with Gasteiger partial charge in [0.15, 0.2) is 0 Å². The van der Waals surface area contributed by atoms with Gasteiger partial charge in [-0.3, -0.25) is 4.79 Å². The highest BCUT2D eigenvalue weighted by Crippen LogP contribution is 2.09. The molecule has 0 spiro atoms. The summed E-state index contributed by atoms with van der Waals surface area (Å²) in [6.45, 7) is 2.26. The van der Waals surface area contributed by atoms with E-state index in [1.54, 1.807) is 6.08 Å². The minimum absolute atomic E-state index is 0.141. The van der Waals surface area contributed by atoms with E-state index in [0.29, 0.717) is 0 Å². The van der Waals surface area contributed by atoms with Gasteiger partial charge in [-0.1, -0.05) is 76.2 Å². The van der Waals surface area contributed by atoms with Gasteiger partial charge in [0, 0.05) is 0 Å². The normalized spacial score (nSPS) is 11.7. The second-order valence-corrected chi connectivity index (χ2v) is 5.38. The summed E-state index contributed by atoms with van der Waals surface area (Å²) >= 11 is 0. The SMILES string of the molecule is CCCCCCCCCCC=CCCC=CCC(=O)O. The topological polar surface area (TPSA) is 37.3 Å². The van der Waals surface area contributed by atoms with E-state index in [4.69, 9.17) is 5.11 Å². The van der Waals surface area contributed by atoms with Crippen LogP contribution in [-0.2, 0) is 4.79 Å². The predicted molar refractivity (Wildman–Crippen MR) is 87.0 cm³/mol. The van der Waals surface area contributed by atoms with Gasteiger partial charge < -0.3 is 5.11 Å². The Morgan fingerprint density at radius 2 is 1.25 bits per heavy atom. The van der Waals surface area contributed by atoms with Gasteiger partial charge in [-0.25, -0.2) is 0 Å². The Kier molecular flexibility index (Phi) is 15.2. The van der Waals surface area contributed by atoms with E-state index >= 15 is 0 Å². The second-order valence-electron chi connectivity index (χ2n) is 5.38. The first kappa shape index (κ1) is 18.9. The van der Waals surface area contributed by atoms with Gasteiger partial charge in [-0.2, -0.15) is 0 Å². The molecule has 0 aromatic heterocycles. The maximum Gasteiger partial charge on any atom is 0.307 e. The van der Waals surface area contributed by atoms with Crippen molar-refractivity contribution in [3.05, 3.63) is 24.3 Å². The minimum Gasteiger partial charge on any atom is -0.481 e. The number of carbonyl (C=O) groups is 1. The van der Waals surface area contributed by atoms with Crippen LogP contribution in [0.15, 0.2) is 24.3 Å². The average Bonchev–Trinajstić information content (AvgIpc) is 2.43. The fourth-order valence-corrected chi connectivity index (χ4v) is 2.13. The largest absolute Gasteiger partial charge is 0.481 e. The smallest absolute Gasteiger partial charge is 0.307 e. The van der Waals surface area contributed by atoms with Gasteiger partial charge in [-0.15, -0.1) is 0 Å². The van der Waals surface area contributed by atoms with Crippen molar-refractivity contribution >= 4 is 5.97 Å². The molecule has 2 nitrogen and oxygen atoms in total. The van der Waals surface area contributed by atoms with E-state index in [9.17, 15) is 4.79 Å². The van der Waals surface area contributed by atoms with E-state index in [0.717, 1.165) is 12.8 Å². The zero-order valence-electron chi connectivity index (χ0n) is 13.2. The molecule has 0 rings (SSSR count). The van der Waals surface area contributed by atoms with Crippen LogP contribution >= 0.6 is 0 Å². The lowest BCUT2D eigenvalue weighted by Gasteiger charge is -1.99. The number of unbranched alkanes of at least 4 members (excludes halogenated alkanes) is 9. The molecule has 0 aliphatic heterocycles. The fraction of sp³-hybridized carbons (Fsp3) is 0.722. The highest BCUT2D eigenvalue weighted by Gasteiger charge is 1.90. The van der Waals surface area contributed by atoms with Crippen molar-refractivity contribution in [2.24, 2.45) is 0 Å². The van der Waals surface area contributed by atoms with Gasteiger partial charge >= 0.3 is 5.97 Å². The van der Waals surface area contributed by atoms with Crippen molar-refractivity contribution in [3.8, 4) is 0 Å². The number of carboxylic acid groups (broad SMARTS) is 1. The van der Waals surface area contributed by atoms with Crippen LogP contribution < -0.4 is 0 Å². The highest BCUT2D eigenvalue weighted by molar-refractivity contribution is 5.68. The summed E-state index contributed by atoms with van der Waals surface area (Å²) in [6.07, 6.45) is 22.4. The molecule has 0 fully saturated rings. The van der Waals surface area contributed by atoms with Crippen LogP contribution in [0.1, 0.15) is 84.0 Å². The van der Waals surface area contributed by atoms with Crippen molar-refractivity contribution in [2.75, 3.05) is 0 Å². The molecule has 20 heavy (non-hydrogen) atoms. The Morgan fingerprint density at radius 1 is 0.750 bits per heavy atom. The predicted octanol–water partition coefficient (Wildman–Crippen LogP) is 5.88. The van der Waals surface area contributed by atoms with Gasteiger partial charge in [0.2, 0.25) is 0 Å². The third-order valence-electron chi connectivity index (χ3n) is 3.35. The molecule has 0 radical (unpaired) electrons. The fourth-order valence-electron chi connectivity index (χ4n) is 2.13. The molecule has 2 heteroatoms. The molecule has 0 amide bonds. The summed E-state index contributed by atoms with van der Waals surface area (Å²) in [7, 11) is 0. The average molecular weight is 280 g/mol. The molecule has 0 bridgehead atoms. The van der Waals surface area contributed by atoms with E-state index in [2.05, 4.69) is 19.1 Å². The molecular formula is C18H32O2. The van der Waals surface area contributed by atoms with E-state index < -0.39 is 5.97 Å². The quantitative estimate of drug-likeness (QED) is 0.318. The van der Waals surface area contributed by atoms with Gasteiger partial charge in [-0.05, 0) is 25.7 Å². The van der Waals surface area contributed by atoms with E-state index in [1.807, 2.05) is 6.08 Å². The first-order valence-corrected chi connectivity index (χ1v) is 8.29. The van der Waals surface area contributed by atoms with Crippen molar-refractivity contribution in [1.29, 1.82) is 0 Å². The first-order chi connectivity index (χ1) is 9.77. The Labute approximate surface area is 125 Å². The molecule has 0 aliphatic carbocycles. The van der Waals surface area contributed by atoms with Crippen LogP contribution in [0, 0.1) is 0 Å². The minimum atomic E-state index is -0.758. The summed E-state index contributed by atoms with van der Waals surface area (Å²) in [5, 5.41) is 8.45. The van der Waals surface area contributed by atoms with Crippen LogP contribution in [0.3, 0.4) is 0 Å². The summed E-state index contributed by atoms with van der Waals surface area (Å²) in [6, 6.07) is 0. The molecule has 0 aliphatic rings. The Morgan fingerprint density at radius 3 is 1.85 bits per heavy atom. The van der Waals surface area contributed by atoms with Crippen LogP contribution in [0.5, 0.6) is 0 Å². The van der Waals surface area contributed by atoms with Gasteiger partial charge in [0.25, 0.3) is 0 Å². The van der Waals surface area contributed by atoms with Crippen molar-refractivity contribution < 1.29 is 9.90 Å². The summed E-state index contributed by atoms with van der Waals surface area (Å²) in [5.41, 5.74) is 0. The molecule has 0 saturated heterocycles. The van der Waals surface area contributed by atoms with E-state index in [-0.39, 0.29) is 6.42 Å². The molecule has 0 aromatic rings. The monoisotopic (exact) mass is 280 g/mol. The highest BCUT2D eigenvalue weighted by atomic mass is 16.4. The lowest BCUT2D eigenvalue weighted by Crippen LogP contribution is -1.89. The number of hydrogen-bond acceptors (Lipinski definition) is 1. The third-order valence-corrected chi connectivity index (χ3v) is 3.35. The summed E-state index contributed by atoms with van der Waals surface area (Å²) in [4.78, 5) is 10.3. The molecule has 0 atom stereocenters. The number of allylic oxidation sites excluding steroid dienone is 3. The second kappa shape index (κ2) is 16.0. The molecule has 0 heterocycles. The Bertz CT molecular complexity index is 267. The molecule has 0 unspecified atom stereocenters. The standard InChI is InChI=1S/C18H32O2/c1-2-3-4-5-6-7-8-9-10-11-12-13-14-15-16-17-18(19)20/h11-12,15-16H,2-10,13-14,17H2,1H3,(H,19,20). The van der Waals surface area contributed by atoms with Crippen molar-refractivity contribution in [1.82, 2.24) is 0 Å². The molecular weight excluding hydrogens is 248 g/mol. The van der Waals surface area contributed by atoms with Gasteiger partial charge in [0.05, 0.1) is 6.42 Å². The molecule has 1 N–H and O–H groups in total. The lowest BCUT2D eigenvalue weighted by molar-refractivity contribution is -0.136. The summed E-state index contributed by atoms with van der Waals surface area (Å²) < 4.78 is 0. The first-order valence-electron chi connectivity index (χ1n) is 8.29. The van der Waals surface area contributed by atoms with Crippen molar-refractivity contribution in [2.45, 2.75) is 84.0 Å². The third kappa shape index (κ3) is 16.9. The molecule has 0 aromatic carbocycles. The lowest BCUT2D eigenvalue weighted by atomic mass is 10.1. The van der Waals surface area contributed by atoms with Crippen LogP contribution in [0.4, 0.5) is 0 Å². The number of hydrogen-bond donors (Lipinski definition) is 1. The van der Waals surface area contributed by atoms with Crippen LogP contribution in [0.2, 0.25) is 0 Å². The molecule has 116 valence electrons. The van der Waals surface area contributed by atoms with E-state index in [1.165, 1.54) is 57.8 Å². The van der Waals surface area contributed by atoms with Crippen molar-refractivity contribution in [3.63, 3.8) is 0 Å². The Hall–Kier alpha value is -1.05. The van der Waals surface area contributed by atoms with Crippen LogP contribution in [0.25, 0.3) is 0 Å². The number of rotatable bonds is 14. The van der Waals surface area contributed by atoms with Crippen LogP contribution in [-0.4, -0.2) is 11.1 Å². The zero-order chi connectivity index (χ0) is 14.9. The Balaban J connectivity index is 3.16. The maximum atomic E-state index is 10.3. The summed E-state index contributed by atoms with van der Waals surface area (Å²) in [5.74, 6) is -0.758. The zero-order valence-corrected chi connectivity index (χ0v) is 13.2. The molecule has 0 saturated carbocycles. The number of aliphatic carboxylic acids is 1.